The Bertz CT molecular complexity index is 502. The molecule has 0 radical (unpaired) electrons. The largest absolute Gasteiger partial charge is 0.457 e. The highest BCUT2D eigenvalue weighted by Crippen LogP contribution is 2.25. The summed E-state index contributed by atoms with van der Waals surface area (Å²) in [6.45, 7) is 0.743. The van der Waals surface area contributed by atoms with Gasteiger partial charge < -0.3 is 10.1 Å². The van der Waals surface area contributed by atoms with Crippen LogP contribution in [0, 0.1) is 3.57 Å². The lowest BCUT2D eigenvalue weighted by Crippen LogP contribution is -2.06. The van der Waals surface area contributed by atoms with Gasteiger partial charge in [-0.2, -0.15) is 0 Å². The van der Waals surface area contributed by atoms with Gasteiger partial charge >= 0.3 is 0 Å². The number of nitrogens with zero attached hydrogens (tertiary/aromatic N) is 1. The molecule has 0 amide bonds. The van der Waals surface area contributed by atoms with E-state index < -0.39 is 0 Å². The second-order valence-corrected chi connectivity index (χ2v) is 4.82. The van der Waals surface area contributed by atoms with Crippen LogP contribution < -0.4 is 10.1 Å². The zero-order chi connectivity index (χ0) is 12.1. The Kier molecular flexibility index (Phi) is 4.33. The molecule has 1 aromatic heterocycles. The van der Waals surface area contributed by atoms with E-state index in [1.807, 2.05) is 43.6 Å². The summed E-state index contributed by atoms with van der Waals surface area (Å²) in [6, 6.07) is 9.85. The minimum atomic E-state index is 0.743. The molecule has 0 fully saturated rings. The first-order valence-electron chi connectivity index (χ1n) is 5.30. The molecule has 1 N–H and O–H groups in total. The molecule has 2 aromatic rings. The van der Waals surface area contributed by atoms with Gasteiger partial charge in [-0.1, -0.05) is 6.07 Å². The number of rotatable bonds is 4. The molecule has 0 atom stereocenters. The van der Waals surface area contributed by atoms with Gasteiger partial charge in [-0.05, 0) is 53.9 Å². The summed E-state index contributed by atoms with van der Waals surface area (Å²) >= 11 is 2.27. The van der Waals surface area contributed by atoms with Crippen molar-refractivity contribution in [3.05, 3.63) is 51.9 Å². The van der Waals surface area contributed by atoms with Crippen LogP contribution >= 0.6 is 22.6 Å². The second-order valence-electron chi connectivity index (χ2n) is 3.57. The molecule has 1 aromatic carbocycles. The summed E-state index contributed by atoms with van der Waals surface area (Å²) in [5.74, 6) is 1.69. The third kappa shape index (κ3) is 3.41. The molecule has 88 valence electrons. The van der Waals surface area contributed by atoms with Gasteiger partial charge in [0.2, 0.25) is 0 Å². The highest BCUT2D eigenvalue weighted by molar-refractivity contribution is 14.1. The molecule has 0 saturated heterocycles. The Morgan fingerprint density at radius 1 is 1.35 bits per heavy atom. The molecule has 1 heterocycles. The van der Waals surface area contributed by atoms with Crippen molar-refractivity contribution < 1.29 is 4.74 Å². The number of ether oxygens (including phenoxy) is 1. The van der Waals surface area contributed by atoms with Crippen LogP contribution in [0.25, 0.3) is 0 Å². The number of pyridine rings is 1. The van der Waals surface area contributed by atoms with Crippen molar-refractivity contribution in [3.63, 3.8) is 0 Å². The van der Waals surface area contributed by atoms with Crippen LogP contribution in [-0.2, 0) is 6.54 Å². The van der Waals surface area contributed by atoms with E-state index in [2.05, 4.69) is 32.9 Å². The number of hydrogen-bond donors (Lipinski definition) is 1. The first-order valence-corrected chi connectivity index (χ1v) is 6.38. The molecule has 4 heteroatoms. The molecule has 0 saturated carbocycles. The van der Waals surface area contributed by atoms with Crippen LogP contribution in [0.1, 0.15) is 5.56 Å². The highest BCUT2D eigenvalue weighted by Gasteiger charge is 2.04. The molecule has 0 bridgehead atoms. The number of hydrogen-bond acceptors (Lipinski definition) is 3. The number of halogens is 1. The van der Waals surface area contributed by atoms with Crippen molar-refractivity contribution in [2.24, 2.45) is 0 Å². The lowest BCUT2D eigenvalue weighted by Gasteiger charge is -2.10. The summed E-state index contributed by atoms with van der Waals surface area (Å²) in [7, 11) is 1.90. The average Bonchev–Trinajstić information content (AvgIpc) is 2.32. The predicted molar refractivity (Wildman–Crippen MR) is 76.2 cm³/mol. The van der Waals surface area contributed by atoms with Gasteiger partial charge in [-0.25, -0.2) is 0 Å². The third-order valence-corrected chi connectivity index (χ3v) is 2.92. The zero-order valence-electron chi connectivity index (χ0n) is 9.48. The topological polar surface area (TPSA) is 34.2 Å². The van der Waals surface area contributed by atoms with Gasteiger partial charge in [0.25, 0.3) is 0 Å². The minimum Gasteiger partial charge on any atom is -0.457 e. The van der Waals surface area contributed by atoms with E-state index in [0.29, 0.717) is 0 Å². The van der Waals surface area contributed by atoms with E-state index in [0.717, 1.165) is 27.2 Å². The molecule has 0 aliphatic heterocycles. The SMILES string of the molecule is CNCc1cnccc1Oc1cccc(I)c1. The van der Waals surface area contributed by atoms with Crippen molar-refractivity contribution in [1.29, 1.82) is 0 Å². The minimum absolute atomic E-state index is 0.743. The normalized spacial score (nSPS) is 10.2. The van der Waals surface area contributed by atoms with Gasteiger partial charge in [0.05, 0.1) is 0 Å². The lowest BCUT2D eigenvalue weighted by atomic mass is 10.2. The Hall–Kier alpha value is -1.14. The summed E-state index contributed by atoms with van der Waals surface area (Å²) < 4.78 is 7.01. The quantitative estimate of drug-likeness (QED) is 0.868. The number of nitrogens with one attached hydrogen (secondary N) is 1. The van der Waals surface area contributed by atoms with Crippen molar-refractivity contribution in [3.8, 4) is 11.5 Å². The summed E-state index contributed by atoms with van der Waals surface area (Å²) in [5, 5.41) is 3.10. The highest BCUT2D eigenvalue weighted by atomic mass is 127. The fraction of sp³-hybridized carbons (Fsp3) is 0.154. The molecule has 3 nitrogen and oxygen atoms in total. The van der Waals surface area contributed by atoms with E-state index in [9.17, 15) is 0 Å². The molecule has 0 unspecified atom stereocenters. The maximum absolute atomic E-state index is 5.86. The van der Waals surface area contributed by atoms with Gasteiger partial charge in [-0.3, -0.25) is 4.98 Å². The van der Waals surface area contributed by atoms with Gasteiger partial charge in [0.1, 0.15) is 11.5 Å². The predicted octanol–water partition coefficient (Wildman–Crippen LogP) is 3.20. The van der Waals surface area contributed by atoms with E-state index in [-0.39, 0.29) is 0 Å². The fourth-order valence-electron chi connectivity index (χ4n) is 1.49. The molecule has 0 aliphatic carbocycles. The first-order chi connectivity index (χ1) is 8.29. The monoisotopic (exact) mass is 340 g/mol. The third-order valence-electron chi connectivity index (χ3n) is 2.25. The molecule has 0 spiro atoms. The first kappa shape index (κ1) is 12.3. The molecule has 17 heavy (non-hydrogen) atoms. The van der Waals surface area contributed by atoms with E-state index in [1.54, 1.807) is 6.20 Å². The Labute approximate surface area is 114 Å². The maximum Gasteiger partial charge on any atom is 0.134 e. The lowest BCUT2D eigenvalue weighted by molar-refractivity contribution is 0.473. The number of benzene rings is 1. The molecule has 0 aliphatic rings. The smallest absolute Gasteiger partial charge is 0.134 e. The second kappa shape index (κ2) is 5.97. The molecular weight excluding hydrogens is 327 g/mol. The Balaban J connectivity index is 2.23. The summed E-state index contributed by atoms with van der Waals surface area (Å²) in [6.07, 6.45) is 3.56. The van der Waals surface area contributed by atoms with Crippen molar-refractivity contribution in [1.82, 2.24) is 10.3 Å². The summed E-state index contributed by atoms with van der Waals surface area (Å²) in [4.78, 5) is 4.10. The van der Waals surface area contributed by atoms with Crippen LogP contribution in [0.15, 0.2) is 42.7 Å². The Morgan fingerprint density at radius 2 is 2.24 bits per heavy atom. The molecular formula is C13H13IN2O. The van der Waals surface area contributed by atoms with Crippen LogP contribution in [-0.4, -0.2) is 12.0 Å². The fourth-order valence-corrected chi connectivity index (χ4v) is 2.01. The standard InChI is InChI=1S/C13H13IN2O/c1-15-8-10-9-16-6-5-13(10)17-12-4-2-3-11(14)7-12/h2-7,9,15H,8H2,1H3. The van der Waals surface area contributed by atoms with E-state index in [1.165, 1.54) is 0 Å². The average molecular weight is 340 g/mol. The summed E-state index contributed by atoms with van der Waals surface area (Å²) in [5.41, 5.74) is 1.05. The van der Waals surface area contributed by atoms with Crippen molar-refractivity contribution in [2.45, 2.75) is 6.54 Å². The van der Waals surface area contributed by atoms with E-state index in [4.69, 9.17) is 4.74 Å². The van der Waals surface area contributed by atoms with Crippen LogP contribution in [0.3, 0.4) is 0 Å². The van der Waals surface area contributed by atoms with Crippen molar-refractivity contribution >= 4 is 22.6 Å². The van der Waals surface area contributed by atoms with Crippen LogP contribution in [0.5, 0.6) is 11.5 Å². The van der Waals surface area contributed by atoms with E-state index >= 15 is 0 Å². The molecule has 2 rings (SSSR count). The Morgan fingerprint density at radius 3 is 3.00 bits per heavy atom. The van der Waals surface area contributed by atoms with Gasteiger partial charge in [-0.15, -0.1) is 0 Å². The van der Waals surface area contributed by atoms with Gasteiger partial charge in [0.15, 0.2) is 0 Å². The van der Waals surface area contributed by atoms with Crippen LogP contribution in [0.2, 0.25) is 0 Å². The van der Waals surface area contributed by atoms with Gasteiger partial charge in [0, 0.05) is 28.1 Å². The maximum atomic E-state index is 5.86. The zero-order valence-corrected chi connectivity index (χ0v) is 11.6. The number of aromatic nitrogens is 1. The van der Waals surface area contributed by atoms with Crippen LogP contribution in [0.4, 0.5) is 0 Å². The van der Waals surface area contributed by atoms with Crippen molar-refractivity contribution in [2.75, 3.05) is 7.05 Å².